The molecule has 12 nitrogen and oxygen atoms in total. The predicted molar refractivity (Wildman–Crippen MR) is 192 cm³/mol. The third kappa shape index (κ3) is 6.18. The van der Waals surface area contributed by atoms with E-state index in [2.05, 4.69) is 9.97 Å². The molecule has 8 rings (SSSR count). The number of ether oxygens (including phenoxy) is 2. The molecule has 0 aliphatic carbocycles. The Labute approximate surface area is 298 Å². The predicted octanol–water partition coefficient (Wildman–Crippen LogP) is 4.24. The number of hydrogen-bond acceptors (Lipinski definition) is 9. The van der Waals surface area contributed by atoms with Crippen LogP contribution < -0.4 is 15.0 Å². The molecule has 2 saturated heterocycles. The van der Waals surface area contributed by atoms with Crippen LogP contribution in [0, 0.1) is 12.8 Å². The number of amides is 2. The number of aromatic nitrogens is 4. The summed E-state index contributed by atoms with van der Waals surface area (Å²) in [5.41, 5.74) is 2.05. The van der Waals surface area contributed by atoms with E-state index in [-0.39, 0.29) is 35.8 Å². The molecule has 3 aliphatic heterocycles. The Morgan fingerprint density at radius 3 is 2.49 bits per heavy atom. The summed E-state index contributed by atoms with van der Waals surface area (Å²) in [4.78, 5) is 55.5. The van der Waals surface area contributed by atoms with E-state index in [9.17, 15) is 19.5 Å². The second-order valence-electron chi connectivity index (χ2n) is 13.9. The van der Waals surface area contributed by atoms with Crippen LogP contribution in [0.5, 0.6) is 11.5 Å². The SMILES string of the molecule is Cc1ccc(-c2sc(C(=O)N3CC[C@@H](C(=O)N4CCC(O)(Cn5cnc6c(ccn6C)c5=O)CC4)[C@H](c4ccccc4)C3)c3c2OCCO3)cn1. The van der Waals surface area contributed by atoms with Gasteiger partial charge >= 0.3 is 0 Å². The van der Waals surface area contributed by atoms with Crippen LogP contribution in [0.25, 0.3) is 21.5 Å². The third-order valence-electron chi connectivity index (χ3n) is 10.5. The van der Waals surface area contributed by atoms with Gasteiger partial charge in [0.25, 0.3) is 11.5 Å². The molecule has 0 spiro atoms. The van der Waals surface area contributed by atoms with Gasteiger partial charge in [0, 0.05) is 68.7 Å². The van der Waals surface area contributed by atoms with Crippen LogP contribution in [0.2, 0.25) is 0 Å². The van der Waals surface area contributed by atoms with Gasteiger partial charge in [0.15, 0.2) is 11.5 Å². The van der Waals surface area contributed by atoms with E-state index in [0.29, 0.717) is 86.1 Å². The van der Waals surface area contributed by atoms with E-state index in [0.717, 1.165) is 21.7 Å². The van der Waals surface area contributed by atoms with Gasteiger partial charge in [-0.15, -0.1) is 11.3 Å². The molecule has 0 saturated carbocycles. The molecule has 2 fully saturated rings. The molecule has 7 heterocycles. The van der Waals surface area contributed by atoms with Gasteiger partial charge in [0.05, 0.1) is 22.4 Å². The average Bonchev–Trinajstić information content (AvgIpc) is 3.74. The molecule has 13 heteroatoms. The fourth-order valence-corrected chi connectivity index (χ4v) is 8.79. The zero-order chi connectivity index (χ0) is 35.3. The van der Waals surface area contributed by atoms with Gasteiger partial charge in [-0.1, -0.05) is 36.4 Å². The first-order valence-electron chi connectivity index (χ1n) is 17.4. The fourth-order valence-electron chi connectivity index (χ4n) is 7.64. The van der Waals surface area contributed by atoms with Crippen molar-refractivity contribution in [3.05, 3.63) is 93.7 Å². The highest BCUT2D eigenvalue weighted by atomic mass is 32.1. The molecule has 2 atom stereocenters. The van der Waals surface area contributed by atoms with Crippen molar-refractivity contribution in [1.82, 2.24) is 28.9 Å². The Kier molecular flexibility index (Phi) is 8.63. The van der Waals surface area contributed by atoms with Crippen LogP contribution in [-0.2, 0) is 18.4 Å². The van der Waals surface area contributed by atoms with Crippen molar-refractivity contribution >= 4 is 34.2 Å². The van der Waals surface area contributed by atoms with Crippen molar-refractivity contribution in [3.63, 3.8) is 0 Å². The van der Waals surface area contributed by atoms with Crippen molar-refractivity contribution in [2.24, 2.45) is 13.0 Å². The maximum absolute atomic E-state index is 14.3. The Hall–Kier alpha value is -5.01. The summed E-state index contributed by atoms with van der Waals surface area (Å²) < 4.78 is 15.3. The Morgan fingerprint density at radius 2 is 1.75 bits per heavy atom. The third-order valence-corrected chi connectivity index (χ3v) is 11.7. The number of carbonyl (C=O) groups is 2. The largest absolute Gasteiger partial charge is 0.485 e. The lowest BCUT2D eigenvalue weighted by Crippen LogP contribution is -2.53. The molecule has 51 heavy (non-hydrogen) atoms. The van der Waals surface area contributed by atoms with E-state index in [1.807, 2.05) is 66.2 Å². The minimum Gasteiger partial charge on any atom is -0.485 e. The molecule has 264 valence electrons. The van der Waals surface area contributed by atoms with Gasteiger partial charge in [-0.05, 0) is 43.9 Å². The average molecular weight is 709 g/mol. The van der Waals surface area contributed by atoms with Gasteiger partial charge < -0.3 is 28.9 Å². The summed E-state index contributed by atoms with van der Waals surface area (Å²) >= 11 is 1.36. The molecule has 0 unspecified atom stereocenters. The number of hydrogen-bond donors (Lipinski definition) is 1. The first-order valence-corrected chi connectivity index (χ1v) is 18.2. The molecule has 5 aromatic rings. The first-order chi connectivity index (χ1) is 24.7. The van der Waals surface area contributed by atoms with Crippen molar-refractivity contribution in [2.45, 2.75) is 44.2 Å². The molecule has 1 aromatic carbocycles. The van der Waals surface area contributed by atoms with E-state index < -0.39 is 5.60 Å². The van der Waals surface area contributed by atoms with Crippen LogP contribution in [0.15, 0.2) is 72.0 Å². The van der Waals surface area contributed by atoms with E-state index in [1.54, 1.807) is 23.0 Å². The van der Waals surface area contributed by atoms with Gasteiger partial charge in [0.2, 0.25) is 5.91 Å². The standard InChI is InChI=1S/C38H40N6O6S/c1-24-8-9-26(20-39-24)32-30-31(50-19-18-49-30)33(51-32)37(47)43-15-11-27(29(21-43)25-6-4-3-5-7-25)35(45)42-16-12-38(48,13-17-42)22-44-23-40-34-28(36(44)46)10-14-41(34)2/h3-10,14,20,23,27,29,48H,11-13,15-19,21-22H2,1-2H3/t27-,29+/m1/s1. The number of fused-ring (bicyclic) bond motifs is 2. The van der Waals surface area contributed by atoms with Crippen LogP contribution >= 0.6 is 11.3 Å². The summed E-state index contributed by atoms with van der Waals surface area (Å²) in [6.07, 6.45) is 6.27. The summed E-state index contributed by atoms with van der Waals surface area (Å²) in [7, 11) is 1.84. The van der Waals surface area contributed by atoms with Gasteiger partial charge in [-0.3, -0.25) is 23.9 Å². The number of carbonyl (C=O) groups excluding carboxylic acids is 2. The maximum atomic E-state index is 14.3. The Balaban J connectivity index is 0.993. The number of aryl methyl sites for hydroxylation is 2. The van der Waals surface area contributed by atoms with Crippen LogP contribution in [-0.4, -0.2) is 90.8 Å². The topological polar surface area (TPSA) is 132 Å². The smallest absolute Gasteiger partial charge is 0.267 e. The molecule has 3 aliphatic rings. The van der Waals surface area contributed by atoms with E-state index in [4.69, 9.17) is 9.47 Å². The first kappa shape index (κ1) is 33.2. The highest BCUT2D eigenvalue weighted by Crippen LogP contribution is 2.50. The number of aliphatic hydroxyl groups is 1. The van der Waals surface area contributed by atoms with Crippen LogP contribution in [0.3, 0.4) is 0 Å². The van der Waals surface area contributed by atoms with Crippen molar-refractivity contribution in [1.29, 1.82) is 0 Å². The van der Waals surface area contributed by atoms with Crippen molar-refractivity contribution in [3.8, 4) is 21.9 Å². The highest BCUT2D eigenvalue weighted by molar-refractivity contribution is 7.18. The Morgan fingerprint density at radius 1 is 0.980 bits per heavy atom. The van der Waals surface area contributed by atoms with Crippen LogP contribution in [0.4, 0.5) is 0 Å². The lowest BCUT2D eigenvalue weighted by atomic mass is 9.79. The van der Waals surface area contributed by atoms with E-state index in [1.165, 1.54) is 22.2 Å². The maximum Gasteiger partial charge on any atom is 0.267 e. The normalized spacial score (nSPS) is 20.1. The van der Waals surface area contributed by atoms with Gasteiger partial charge in [0.1, 0.15) is 30.1 Å². The molecule has 2 amide bonds. The number of likely N-dealkylation sites (tertiary alicyclic amines) is 2. The minimum absolute atomic E-state index is 0.0296. The summed E-state index contributed by atoms with van der Waals surface area (Å²) in [6, 6.07) is 15.6. The fraction of sp³-hybridized carbons (Fsp3) is 0.395. The van der Waals surface area contributed by atoms with Gasteiger partial charge in [-0.2, -0.15) is 0 Å². The lowest BCUT2D eigenvalue weighted by molar-refractivity contribution is -0.142. The number of piperidine rings is 2. The molecular weight excluding hydrogens is 669 g/mol. The van der Waals surface area contributed by atoms with E-state index >= 15 is 0 Å². The molecule has 1 N–H and O–H groups in total. The zero-order valence-electron chi connectivity index (χ0n) is 28.7. The minimum atomic E-state index is -1.14. The number of thiophene rings is 1. The quantitative estimate of drug-likeness (QED) is 0.277. The summed E-state index contributed by atoms with van der Waals surface area (Å²) in [6.45, 7) is 4.36. The number of nitrogens with zero attached hydrogens (tertiary/aromatic N) is 6. The van der Waals surface area contributed by atoms with Gasteiger partial charge in [-0.25, -0.2) is 4.98 Å². The lowest BCUT2D eigenvalue weighted by Gasteiger charge is -2.43. The van der Waals surface area contributed by atoms with Crippen LogP contribution in [0.1, 0.15) is 46.1 Å². The number of rotatable bonds is 6. The van der Waals surface area contributed by atoms with Crippen molar-refractivity contribution < 1.29 is 24.2 Å². The monoisotopic (exact) mass is 708 g/mol. The summed E-state index contributed by atoms with van der Waals surface area (Å²) in [5.74, 6) is 0.401. The number of benzene rings is 1. The molecule has 0 radical (unpaired) electrons. The molecule has 4 aromatic heterocycles. The zero-order valence-corrected chi connectivity index (χ0v) is 29.5. The highest BCUT2D eigenvalue weighted by Gasteiger charge is 2.43. The second kappa shape index (κ2) is 13.3. The summed E-state index contributed by atoms with van der Waals surface area (Å²) in [5, 5.41) is 12.1. The van der Waals surface area contributed by atoms with Crippen molar-refractivity contribution in [2.75, 3.05) is 39.4 Å². The second-order valence-corrected chi connectivity index (χ2v) is 14.9. The molecule has 0 bridgehead atoms. The Bertz CT molecular complexity index is 2150. The molecular formula is C38H40N6O6S. The number of pyridine rings is 1.